The Morgan fingerprint density at radius 3 is 2.27 bits per heavy atom. The zero-order valence-corrected chi connectivity index (χ0v) is 15.7. The first-order valence-electron chi connectivity index (χ1n) is 8.91. The van der Waals surface area contributed by atoms with Gasteiger partial charge in [-0.05, 0) is 6.07 Å². The lowest BCUT2D eigenvalue weighted by atomic mass is 10.1. The van der Waals surface area contributed by atoms with Gasteiger partial charge in [0.2, 0.25) is 5.52 Å². The number of ether oxygens (including phenoxy) is 2. The second-order valence-electron chi connectivity index (χ2n) is 6.59. The van der Waals surface area contributed by atoms with E-state index in [1.165, 1.54) is 4.31 Å². The van der Waals surface area contributed by atoms with Crippen LogP contribution in [0.2, 0.25) is 0 Å². The van der Waals surface area contributed by atoms with Crippen molar-refractivity contribution in [2.75, 3.05) is 57.5 Å². The minimum atomic E-state index is -3.61. The Balaban J connectivity index is 1.92. The molecule has 0 N–H and O–H groups in total. The molecule has 0 bridgehead atoms. The van der Waals surface area contributed by atoms with Crippen molar-refractivity contribution in [1.82, 2.24) is 4.31 Å². The Labute approximate surface area is 153 Å². The van der Waals surface area contributed by atoms with Gasteiger partial charge in [-0.2, -0.15) is 8.87 Å². The molecule has 1 aromatic heterocycles. The molecule has 8 heteroatoms. The number of fused-ring (bicyclic) bond motifs is 1. The van der Waals surface area contributed by atoms with E-state index in [-0.39, 0.29) is 0 Å². The van der Waals surface area contributed by atoms with Gasteiger partial charge in [0.1, 0.15) is 7.05 Å². The molecule has 2 aliphatic rings. The Hall–Kier alpha value is -1.74. The van der Waals surface area contributed by atoms with Crippen LogP contribution >= 0.6 is 0 Å². The fourth-order valence-corrected chi connectivity index (χ4v) is 5.33. The van der Waals surface area contributed by atoms with E-state index in [9.17, 15) is 8.42 Å². The molecule has 2 saturated heterocycles. The smallest absolute Gasteiger partial charge is 0.251 e. The number of sulfonamides is 1. The molecule has 0 radical (unpaired) electrons. The molecule has 1 aromatic carbocycles. The summed E-state index contributed by atoms with van der Waals surface area (Å²) in [5, 5.41) is 0.950. The van der Waals surface area contributed by atoms with Crippen molar-refractivity contribution in [3.05, 3.63) is 30.5 Å². The predicted molar refractivity (Wildman–Crippen MR) is 97.7 cm³/mol. The van der Waals surface area contributed by atoms with Crippen molar-refractivity contribution in [3.63, 3.8) is 0 Å². The topological polar surface area (TPSA) is 63.0 Å². The quantitative estimate of drug-likeness (QED) is 0.729. The molecule has 2 aromatic rings. The summed E-state index contributed by atoms with van der Waals surface area (Å²) in [5.74, 6) is 0. The number of aryl methyl sites for hydroxylation is 1. The normalized spacial score (nSPS) is 19.8. The summed E-state index contributed by atoms with van der Waals surface area (Å²) in [6.07, 6.45) is 1.75. The van der Waals surface area contributed by atoms with Crippen molar-refractivity contribution >= 4 is 26.6 Å². The van der Waals surface area contributed by atoms with Crippen LogP contribution < -0.4 is 9.47 Å². The van der Waals surface area contributed by atoms with Crippen LogP contribution in [-0.4, -0.2) is 65.3 Å². The third-order valence-electron chi connectivity index (χ3n) is 5.00. The molecule has 0 aliphatic carbocycles. The number of benzene rings is 1. The number of rotatable bonds is 3. The van der Waals surface area contributed by atoms with Gasteiger partial charge in [-0.25, -0.2) is 8.42 Å². The highest BCUT2D eigenvalue weighted by molar-refractivity contribution is 7.89. The third kappa shape index (κ3) is 3.07. The second kappa shape index (κ2) is 7.11. The van der Waals surface area contributed by atoms with Gasteiger partial charge in [0, 0.05) is 32.2 Å². The van der Waals surface area contributed by atoms with Crippen LogP contribution in [-0.2, 0) is 26.5 Å². The molecule has 0 amide bonds. The van der Waals surface area contributed by atoms with Crippen molar-refractivity contribution in [2.45, 2.75) is 4.90 Å². The van der Waals surface area contributed by atoms with Gasteiger partial charge in [-0.15, -0.1) is 0 Å². The molecule has 140 valence electrons. The summed E-state index contributed by atoms with van der Waals surface area (Å²) in [5.41, 5.74) is 1.79. The van der Waals surface area contributed by atoms with Gasteiger partial charge in [0.15, 0.2) is 11.1 Å². The van der Waals surface area contributed by atoms with Gasteiger partial charge in [-0.1, -0.05) is 12.1 Å². The van der Waals surface area contributed by atoms with Crippen molar-refractivity contribution < 1.29 is 22.5 Å². The molecule has 0 unspecified atom stereocenters. The fraction of sp³-hybridized carbons (Fsp3) is 0.500. The van der Waals surface area contributed by atoms with Gasteiger partial charge in [0.05, 0.1) is 37.5 Å². The first-order valence-corrected chi connectivity index (χ1v) is 10.3. The summed E-state index contributed by atoms with van der Waals surface area (Å²) in [7, 11) is -1.71. The van der Waals surface area contributed by atoms with Gasteiger partial charge in [-0.3, -0.25) is 0 Å². The lowest BCUT2D eigenvalue weighted by molar-refractivity contribution is -0.646. The number of hydrogen-bond donors (Lipinski definition) is 0. The van der Waals surface area contributed by atoms with Crippen molar-refractivity contribution in [2.24, 2.45) is 7.05 Å². The van der Waals surface area contributed by atoms with Crippen molar-refractivity contribution in [1.29, 1.82) is 0 Å². The molecular weight excluding hydrogens is 354 g/mol. The van der Waals surface area contributed by atoms with Gasteiger partial charge < -0.3 is 14.4 Å². The Morgan fingerprint density at radius 1 is 0.962 bits per heavy atom. The molecule has 2 aliphatic heterocycles. The summed E-state index contributed by atoms with van der Waals surface area (Å²) in [4.78, 5) is 2.50. The molecule has 0 spiro atoms. The number of hydrogen-bond acceptors (Lipinski definition) is 5. The minimum absolute atomic E-state index is 0.363. The standard InChI is InChI=1S/C18H24N3O4S/c1-19-14-17(26(22,23)21-8-12-25-13-9-21)18(20-6-10-24-11-7-20)15-4-2-3-5-16(15)19/h2-5,14H,6-13H2,1H3/q+1. The minimum Gasteiger partial charge on any atom is -0.379 e. The molecule has 3 heterocycles. The molecule has 2 fully saturated rings. The molecular formula is C18H24N3O4S+. The lowest BCUT2D eigenvalue weighted by Crippen LogP contribution is -2.44. The highest BCUT2D eigenvalue weighted by Gasteiger charge is 2.34. The zero-order chi connectivity index (χ0) is 18.1. The van der Waals surface area contributed by atoms with E-state index < -0.39 is 10.0 Å². The van der Waals surface area contributed by atoms with Crippen LogP contribution in [0.4, 0.5) is 5.69 Å². The summed E-state index contributed by atoms with van der Waals surface area (Å²) >= 11 is 0. The van der Waals surface area contributed by atoms with Gasteiger partial charge >= 0.3 is 0 Å². The maximum Gasteiger partial charge on any atom is 0.251 e. The number of aromatic nitrogens is 1. The number of para-hydroxylation sites is 1. The molecule has 0 saturated carbocycles. The van der Waals surface area contributed by atoms with Gasteiger partial charge in [0.25, 0.3) is 10.0 Å². The van der Waals surface area contributed by atoms with Crippen LogP contribution in [0, 0.1) is 0 Å². The first kappa shape index (κ1) is 17.7. The van der Waals surface area contributed by atoms with E-state index in [0.717, 1.165) is 16.6 Å². The highest BCUT2D eigenvalue weighted by atomic mass is 32.2. The monoisotopic (exact) mass is 378 g/mol. The summed E-state index contributed by atoms with van der Waals surface area (Å²) < 4.78 is 41.1. The van der Waals surface area contributed by atoms with E-state index in [1.54, 1.807) is 6.20 Å². The van der Waals surface area contributed by atoms with E-state index in [0.29, 0.717) is 57.5 Å². The fourth-order valence-electron chi connectivity index (χ4n) is 3.65. The third-order valence-corrected chi connectivity index (χ3v) is 6.90. The number of morpholine rings is 2. The lowest BCUT2D eigenvalue weighted by Gasteiger charge is -2.32. The van der Waals surface area contributed by atoms with Crippen LogP contribution in [0.3, 0.4) is 0 Å². The van der Waals surface area contributed by atoms with Crippen LogP contribution in [0.1, 0.15) is 0 Å². The molecule has 26 heavy (non-hydrogen) atoms. The van der Waals surface area contributed by atoms with Crippen molar-refractivity contribution in [3.8, 4) is 0 Å². The van der Waals surface area contributed by atoms with E-state index >= 15 is 0 Å². The largest absolute Gasteiger partial charge is 0.379 e. The number of anilines is 1. The second-order valence-corrected chi connectivity index (χ2v) is 8.49. The summed E-state index contributed by atoms with van der Waals surface area (Å²) in [6, 6.07) is 7.95. The molecule has 7 nitrogen and oxygen atoms in total. The Kier molecular flexibility index (Phi) is 4.83. The van der Waals surface area contributed by atoms with E-state index in [2.05, 4.69) is 4.90 Å². The number of nitrogens with zero attached hydrogens (tertiary/aromatic N) is 3. The Morgan fingerprint density at radius 2 is 1.58 bits per heavy atom. The van der Waals surface area contributed by atoms with E-state index in [1.807, 2.05) is 35.9 Å². The maximum atomic E-state index is 13.4. The van der Waals surface area contributed by atoms with Crippen LogP contribution in [0.25, 0.3) is 10.9 Å². The maximum absolute atomic E-state index is 13.4. The SMILES string of the molecule is C[n+]1cc(S(=O)(=O)N2CCOCC2)c(N2CCOCC2)c2ccccc21. The first-order chi connectivity index (χ1) is 12.6. The average molecular weight is 378 g/mol. The average Bonchev–Trinajstić information content (AvgIpc) is 2.69. The molecule has 0 atom stereocenters. The highest BCUT2D eigenvalue weighted by Crippen LogP contribution is 2.34. The molecule has 4 rings (SSSR count). The number of pyridine rings is 1. The van der Waals surface area contributed by atoms with Crippen LogP contribution in [0.5, 0.6) is 0 Å². The summed E-state index contributed by atoms with van der Waals surface area (Å²) in [6.45, 7) is 4.23. The van der Waals surface area contributed by atoms with Crippen LogP contribution in [0.15, 0.2) is 35.4 Å². The zero-order valence-electron chi connectivity index (χ0n) is 14.9. The predicted octanol–water partition coefficient (Wildman–Crippen LogP) is 0.522. The van der Waals surface area contributed by atoms with E-state index in [4.69, 9.17) is 9.47 Å². The Bertz CT molecular complexity index is 904.